The molecule has 0 aromatic heterocycles. The molecule has 0 atom stereocenters. The van der Waals surface area contributed by atoms with Crippen LogP contribution < -0.4 is 0 Å². The van der Waals surface area contributed by atoms with Crippen molar-refractivity contribution in [3.63, 3.8) is 0 Å². The number of rotatable bonds is 2. The smallest absolute Gasteiger partial charge is 0.0198 e. The molecule has 0 saturated carbocycles. The summed E-state index contributed by atoms with van der Waals surface area (Å²) in [5.74, 6) is 0. The Bertz CT molecular complexity index is 981. The van der Waals surface area contributed by atoms with E-state index in [9.17, 15) is 12.8 Å². The minimum atomic E-state index is -2.15. The topological polar surface area (TPSA) is 37.4 Å². The van der Waals surface area contributed by atoms with Gasteiger partial charge in [-0.1, -0.05) is 47.4 Å². The molecule has 4 rings (SSSR count). The fourth-order valence-corrected chi connectivity index (χ4v) is 6.41. The molecule has 0 saturated heterocycles. The Hall–Kier alpha value is -1.37. The summed E-state index contributed by atoms with van der Waals surface area (Å²) in [4.78, 5) is 2.67. The first-order valence-electron chi connectivity index (χ1n) is 8.92. The van der Waals surface area contributed by atoms with Gasteiger partial charge in [-0.05, 0) is 21.5 Å². The van der Waals surface area contributed by atoms with Gasteiger partial charge in [-0.3, -0.25) is 0 Å². The summed E-state index contributed by atoms with van der Waals surface area (Å²) in [6.45, 7) is 2.16. The van der Waals surface area contributed by atoms with E-state index in [4.69, 9.17) is 0 Å². The number of halogens is 1. The van der Waals surface area contributed by atoms with Crippen LogP contribution in [0, 0.1) is 0 Å². The van der Waals surface area contributed by atoms with Gasteiger partial charge in [0.25, 0.3) is 0 Å². The third-order valence-electron chi connectivity index (χ3n) is 4.65. The molecule has 0 fully saturated rings. The Morgan fingerprint density at radius 2 is 1.89 bits per heavy atom. The zero-order valence-electron chi connectivity index (χ0n) is 15.2. The van der Waals surface area contributed by atoms with Gasteiger partial charge in [-0.25, -0.2) is 0 Å². The van der Waals surface area contributed by atoms with Crippen molar-refractivity contribution < 1.29 is 12.8 Å². The van der Waals surface area contributed by atoms with Gasteiger partial charge in [0.1, 0.15) is 0 Å². The van der Waals surface area contributed by atoms with Gasteiger partial charge in [0.05, 0.1) is 0 Å². The van der Waals surface area contributed by atoms with E-state index in [2.05, 4.69) is 21.9 Å². The first-order chi connectivity index (χ1) is 13.0. The minimum absolute atomic E-state index is 0.189. The normalized spacial score (nSPS) is 17.4. The standard InChI is InChI=1S/C11H14FN.C10H7O2S.In/c1-10(5-7-12)11-4-3-8-13(2)9-6-11;11-13(12)10-7-3-5-8-4-1-2-6-9(8)10;/h1,5-6H,3-4,8-9H2,2H3;1-7H;/q;-1;. The number of allylic oxidation sites excluding steroid dienone is 3. The molecule has 139 valence electrons. The van der Waals surface area contributed by atoms with Crippen LogP contribution in [0.4, 0.5) is 4.39 Å². The second-order valence-corrected chi connectivity index (χ2v) is 11.0. The van der Waals surface area contributed by atoms with Gasteiger partial charge in [0, 0.05) is 0 Å². The van der Waals surface area contributed by atoms with E-state index in [1.165, 1.54) is 17.6 Å². The maximum absolute atomic E-state index is 13.0. The van der Waals surface area contributed by atoms with Gasteiger partial charge >= 0.3 is 95.9 Å². The number of nitrogens with zero attached hydrogens (tertiary/aromatic N) is 1. The van der Waals surface area contributed by atoms with Crippen LogP contribution in [0.2, 0.25) is 0 Å². The SMILES string of the molecule is CN1CC=C(C2=[CH][In][C](F)=C2)CCC1.O=[S-](=O)c1cccc2ccccc12. The van der Waals surface area contributed by atoms with Crippen molar-refractivity contribution in [2.75, 3.05) is 20.1 Å². The summed E-state index contributed by atoms with van der Waals surface area (Å²) < 4.78 is 37.0. The van der Waals surface area contributed by atoms with Crippen molar-refractivity contribution in [3.8, 4) is 0 Å². The van der Waals surface area contributed by atoms with E-state index in [0.29, 0.717) is 4.90 Å². The van der Waals surface area contributed by atoms with Gasteiger partial charge in [-0.15, -0.1) is 0 Å². The summed E-state index contributed by atoms with van der Waals surface area (Å²) in [5, 5.41) is 1.72. The number of benzene rings is 2. The minimum Gasteiger partial charge on any atom is -0.420 e. The number of hydrogen-bond acceptors (Lipinski definition) is 4. The molecule has 27 heavy (non-hydrogen) atoms. The van der Waals surface area contributed by atoms with Gasteiger partial charge in [0.2, 0.25) is 0 Å². The second-order valence-electron chi connectivity index (χ2n) is 6.63. The molecule has 2 heterocycles. The molecule has 1 radical (unpaired) electrons. The molecule has 6 heteroatoms. The average Bonchev–Trinajstić information content (AvgIpc) is 2.98. The van der Waals surface area contributed by atoms with E-state index in [1.807, 2.05) is 24.3 Å². The Morgan fingerprint density at radius 1 is 1.11 bits per heavy atom. The molecular weight excluding hydrogens is 464 g/mol. The van der Waals surface area contributed by atoms with Crippen LogP contribution in [0.5, 0.6) is 0 Å². The zero-order chi connectivity index (χ0) is 19.2. The first-order valence-corrected chi connectivity index (χ1v) is 13.5. The summed E-state index contributed by atoms with van der Waals surface area (Å²) in [7, 11) is -0.0177. The Morgan fingerprint density at radius 3 is 2.63 bits per heavy atom. The van der Waals surface area contributed by atoms with Crippen LogP contribution in [0.15, 0.2) is 78.1 Å². The van der Waals surface area contributed by atoms with Gasteiger partial charge in [-0.2, -0.15) is 0 Å². The number of likely N-dealkylation sites (N-methyl/N-ethyl adjacent to an activating group) is 1. The Kier molecular flexibility index (Phi) is 7.33. The molecule has 2 aromatic rings. The van der Waals surface area contributed by atoms with Crippen molar-refractivity contribution in [2.24, 2.45) is 0 Å². The Labute approximate surface area is 172 Å². The molecule has 0 bridgehead atoms. The predicted molar refractivity (Wildman–Crippen MR) is 109 cm³/mol. The van der Waals surface area contributed by atoms with E-state index in [0.717, 1.165) is 30.3 Å². The fraction of sp³-hybridized carbons (Fsp3) is 0.238. The van der Waals surface area contributed by atoms with Crippen molar-refractivity contribution in [1.82, 2.24) is 4.90 Å². The first kappa shape index (κ1) is 20.4. The third-order valence-corrected chi connectivity index (χ3v) is 8.25. The summed E-state index contributed by atoms with van der Waals surface area (Å²) in [6.07, 6.45) is 6.33. The number of hydrogen-bond donors (Lipinski definition) is 0. The third kappa shape index (κ3) is 5.56. The monoisotopic (exact) mass is 485 g/mol. The fourth-order valence-electron chi connectivity index (χ4n) is 3.22. The maximum Gasteiger partial charge on any atom is -0.0198 e. The molecule has 0 amide bonds. The molecule has 3 nitrogen and oxygen atoms in total. The maximum atomic E-state index is 13.0. The van der Waals surface area contributed by atoms with Crippen LogP contribution in [-0.4, -0.2) is 47.9 Å². The van der Waals surface area contributed by atoms with Gasteiger partial charge < -0.3 is 8.42 Å². The van der Waals surface area contributed by atoms with E-state index < -0.39 is 33.6 Å². The largest absolute Gasteiger partial charge is 0.420 e. The second kappa shape index (κ2) is 9.71. The van der Waals surface area contributed by atoms with Crippen molar-refractivity contribution >= 4 is 44.4 Å². The molecule has 0 spiro atoms. The quantitative estimate of drug-likeness (QED) is 0.586. The Balaban J connectivity index is 0.000000156. The van der Waals surface area contributed by atoms with Crippen molar-refractivity contribution in [2.45, 2.75) is 17.7 Å². The molecular formula is C21H21FInNO2S-. The summed E-state index contributed by atoms with van der Waals surface area (Å²) in [6, 6.07) is 12.7. The molecule has 2 aliphatic rings. The predicted octanol–water partition coefficient (Wildman–Crippen LogP) is 4.56. The summed E-state index contributed by atoms with van der Waals surface area (Å²) >= 11 is -1.10. The molecule has 0 unspecified atom stereocenters. The molecule has 2 aromatic carbocycles. The van der Waals surface area contributed by atoms with Crippen LogP contribution in [0.3, 0.4) is 0 Å². The van der Waals surface area contributed by atoms with E-state index in [1.54, 1.807) is 24.3 Å². The van der Waals surface area contributed by atoms with Crippen LogP contribution in [0.25, 0.3) is 10.8 Å². The van der Waals surface area contributed by atoms with Crippen LogP contribution >= 0.6 is 0 Å². The van der Waals surface area contributed by atoms with Gasteiger partial charge in [0.15, 0.2) is 0 Å². The molecule has 0 N–H and O–H groups in total. The zero-order valence-corrected chi connectivity index (χ0v) is 19.3. The van der Waals surface area contributed by atoms with Crippen LogP contribution in [-0.2, 0) is 19.1 Å². The molecule has 0 aliphatic carbocycles. The van der Waals surface area contributed by atoms with E-state index in [-0.39, 0.29) is 3.58 Å². The summed E-state index contributed by atoms with van der Waals surface area (Å²) in [5.41, 5.74) is 2.56. The molecule has 2 aliphatic heterocycles. The van der Waals surface area contributed by atoms with Crippen molar-refractivity contribution in [1.29, 1.82) is 0 Å². The van der Waals surface area contributed by atoms with E-state index >= 15 is 0 Å². The van der Waals surface area contributed by atoms with Crippen molar-refractivity contribution in [3.05, 3.63) is 73.2 Å². The average molecular weight is 485 g/mol. The number of fused-ring (bicyclic) bond motifs is 1. The van der Waals surface area contributed by atoms with Crippen LogP contribution in [0.1, 0.15) is 12.8 Å².